The second-order valence-electron chi connectivity index (χ2n) is 9.48. The molecule has 2 fully saturated rings. The molecule has 3 N–H and O–H groups in total. The van der Waals surface area contributed by atoms with E-state index in [-0.39, 0.29) is 47.6 Å². The van der Waals surface area contributed by atoms with Gasteiger partial charge in [0, 0.05) is 6.42 Å². The molecule has 4 aliphatic carbocycles. The maximum absolute atomic E-state index is 12.7. The molecule has 0 radical (unpaired) electrons. The van der Waals surface area contributed by atoms with Crippen LogP contribution in [0, 0.1) is 28.6 Å². The summed E-state index contributed by atoms with van der Waals surface area (Å²) >= 11 is 0. The minimum atomic E-state index is -0.962. The standard InChI is InChI=1S/C23H28O6/c1-22-10-9-15-13(14(22)5-6-16(22)17(24)7-8-19(26)27)4-3-12-11-18(25)20(28)21(29)23(12,15)2/h6,11,13-15,28-29H,3-5,7-10H2,1-2H3,(H,26,27)/t13-,14-,15-,22-,23-/m0/s1. The molecule has 0 aliphatic heterocycles. The number of Topliss-reactive ketones (excluding diaryl/α,β-unsaturated/α-hetero) is 1. The van der Waals surface area contributed by atoms with E-state index in [1.54, 1.807) is 0 Å². The van der Waals surface area contributed by atoms with Crippen LogP contribution in [0.25, 0.3) is 0 Å². The van der Waals surface area contributed by atoms with E-state index < -0.39 is 22.9 Å². The minimum Gasteiger partial charge on any atom is -0.507 e. The SMILES string of the molecule is C[C@@]12C(=CC(=O)C(O)=C1O)CC[C@@H]1[C@@H]2CC[C@]2(C)C(C(=O)CCC(=O)O)=CC[C@@H]12. The van der Waals surface area contributed by atoms with E-state index in [2.05, 4.69) is 6.92 Å². The molecule has 0 bridgehead atoms. The highest BCUT2D eigenvalue weighted by Crippen LogP contribution is 2.65. The van der Waals surface area contributed by atoms with Crippen LogP contribution in [0.5, 0.6) is 0 Å². The molecular weight excluding hydrogens is 372 g/mol. The molecule has 5 atom stereocenters. The number of aliphatic carboxylic acids is 1. The normalized spacial score (nSPS) is 38.6. The van der Waals surface area contributed by atoms with Gasteiger partial charge < -0.3 is 15.3 Å². The van der Waals surface area contributed by atoms with Crippen molar-refractivity contribution in [3.05, 3.63) is 34.8 Å². The molecule has 0 unspecified atom stereocenters. The lowest BCUT2D eigenvalue weighted by Gasteiger charge is -2.57. The first-order valence-corrected chi connectivity index (χ1v) is 10.4. The summed E-state index contributed by atoms with van der Waals surface area (Å²) in [7, 11) is 0. The number of fused-ring (bicyclic) bond motifs is 5. The maximum Gasteiger partial charge on any atom is 0.303 e. The molecule has 6 nitrogen and oxygen atoms in total. The molecule has 4 rings (SSSR count). The third-order valence-electron chi connectivity index (χ3n) is 8.29. The zero-order valence-electron chi connectivity index (χ0n) is 16.9. The van der Waals surface area contributed by atoms with Gasteiger partial charge in [-0.2, -0.15) is 0 Å². The highest BCUT2D eigenvalue weighted by Gasteiger charge is 2.59. The van der Waals surface area contributed by atoms with E-state index in [1.165, 1.54) is 6.08 Å². The average molecular weight is 400 g/mol. The Kier molecular flexibility index (Phi) is 4.52. The van der Waals surface area contributed by atoms with Crippen LogP contribution in [0.1, 0.15) is 58.8 Å². The molecule has 0 saturated heterocycles. The third kappa shape index (κ3) is 2.71. The van der Waals surface area contributed by atoms with E-state index in [9.17, 15) is 24.6 Å². The summed E-state index contributed by atoms with van der Waals surface area (Å²) in [5, 5.41) is 29.8. The second-order valence-corrected chi connectivity index (χ2v) is 9.48. The molecule has 0 heterocycles. The molecule has 0 amide bonds. The van der Waals surface area contributed by atoms with E-state index >= 15 is 0 Å². The zero-order valence-corrected chi connectivity index (χ0v) is 16.9. The second kappa shape index (κ2) is 6.57. The number of carbonyl (C=O) groups excluding carboxylic acids is 2. The van der Waals surface area contributed by atoms with Crippen LogP contribution in [0.15, 0.2) is 34.8 Å². The lowest BCUT2D eigenvalue weighted by atomic mass is 9.47. The van der Waals surface area contributed by atoms with Crippen molar-refractivity contribution >= 4 is 17.5 Å². The first-order chi connectivity index (χ1) is 13.6. The Balaban J connectivity index is 1.62. The van der Waals surface area contributed by atoms with Crippen molar-refractivity contribution in [1.82, 2.24) is 0 Å². The Morgan fingerprint density at radius 2 is 1.86 bits per heavy atom. The molecule has 2 saturated carbocycles. The van der Waals surface area contributed by atoms with Gasteiger partial charge in [-0.25, -0.2) is 0 Å². The molecule has 29 heavy (non-hydrogen) atoms. The summed E-state index contributed by atoms with van der Waals surface area (Å²) in [6.07, 6.45) is 7.27. The fourth-order valence-corrected chi connectivity index (χ4v) is 6.72. The Labute approximate surface area is 170 Å². The van der Waals surface area contributed by atoms with Crippen molar-refractivity contribution in [2.24, 2.45) is 28.6 Å². The summed E-state index contributed by atoms with van der Waals surface area (Å²) in [6, 6.07) is 0. The van der Waals surface area contributed by atoms with Gasteiger partial charge in [-0.15, -0.1) is 0 Å². The van der Waals surface area contributed by atoms with Crippen LogP contribution >= 0.6 is 0 Å². The summed E-state index contributed by atoms with van der Waals surface area (Å²) in [5.41, 5.74) is 0.653. The molecule has 0 aromatic carbocycles. The van der Waals surface area contributed by atoms with Crippen molar-refractivity contribution in [2.45, 2.75) is 58.8 Å². The number of aliphatic hydroxyl groups is 2. The van der Waals surface area contributed by atoms with Gasteiger partial charge in [-0.05, 0) is 73.8 Å². The molecule has 0 spiro atoms. The van der Waals surface area contributed by atoms with E-state index in [0.29, 0.717) is 6.42 Å². The van der Waals surface area contributed by atoms with Crippen LogP contribution in [0.3, 0.4) is 0 Å². The first-order valence-electron chi connectivity index (χ1n) is 10.4. The van der Waals surface area contributed by atoms with Crippen LogP contribution < -0.4 is 0 Å². The van der Waals surface area contributed by atoms with Gasteiger partial charge in [0.25, 0.3) is 0 Å². The Morgan fingerprint density at radius 1 is 1.14 bits per heavy atom. The number of carboxylic acids is 1. The Morgan fingerprint density at radius 3 is 2.55 bits per heavy atom. The number of rotatable bonds is 4. The van der Waals surface area contributed by atoms with Crippen LogP contribution in [0.4, 0.5) is 0 Å². The first kappa shape index (κ1) is 19.9. The number of allylic oxidation sites excluding steroid dienone is 4. The summed E-state index contributed by atoms with van der Waals surface area (Å²) in [5.74, 6) is -1.70. The molecule has 156 valence electrons. The summed E-state index contributed by atoms with van der Waals surface area (Å²) < 4.78 is 0. The van der Waals surface area contributed by atoms with Gasteiger partial charge in [0.15, 0.2) is 5.78 Å². The van der Waals surface area contributed by atoms with E-state index in [4.69, 9.17) is 5.11 Å². The Bertz CT molecular complexity index is 893. The summed E-state index contributed by atoms with van der Waals surface area (Å²) in [6.45, 7) is 4.05. The minimum absolute atomic E-state index is 0.0294. The van der Waals surface area contributed by atoms with Gasteiger partial charge in [0.2, 0.25) is 11.5 Å². The monoisotopic (exact) mass is 400 g/mol. The molecular formula is C23H28O6. The van der Waals surface area contributed by atoms with E-state index in [0.717, 1.165) is 36.8 Å². The topological polar surface area (TPSA) is 112 Å². The molecule has 4 aliphatic rings. The van der Waals surface area contributed by atoms with Crippen molar-refractivity contribution in [3.8, 4) is 0 Å². The highest BCUT2D eigenvalue weighted by molar-refractivity contribution is 6.04. The smallest absolute Gasteiger partial charge is 0.303 e. The third-order valence-corrected chi connectivity index (χ3v) is 8.29. The Hall–Kier alpha value is -2.37. The molecule has 0 aromatic rings. The number of hydrogen-bond donors (Lipinski definition) is 3. The predicted molar refractivity (Wildman–Crippen MR) is 105 cm³/mol. The van der Waals surface area contributed by atoms with Gasteiger partial charge >= 0.3 is 5.97 Å². The van der Waals surface area contributed by atoms with Crippen molar-refractivity contribution in [2.75, 3.05) is 0 Å². The number of hydrogen-bond acceptors (Lipinski definition) is 5. The van der Waals surface area contributed by atoms with Gasteiger partial charge in [-0.1, -0.05) is 18.6 Å². The number of carboxylic acid groups (broad SMARTS) is 1. The van der Waals surface area contributed by atoms with Crippen LogP contribution in [0.2, 0.25) is 0 Å². The number of ketones is 2. The highest BCUT2D eigenvalue weighted by atomic mass is 16.4. The van der Waals surface area contributed by atoms with Crippen LogP contribution in [-0.2, 0) is 14.4 Å². The maximum atomic E-state index is 12.7. The molecule has 6 heteroatoms. The fourth-order valence-electron chi connectivity index (χ4n) is 6.72. The number of aliphatic hydroxyl groups excluding tert-OH is 2. The lowest BCUT2D eigenvalue weighted by Crippen LogP contribution is -2.51. The number of carbonyl (C=O) groups is 3. The van der Waals surface area contributed by atoms with Gasteiger partial charge in [0.1, 0.15) is 5.76 Å². The zero-order chi connectivity index (χ0) is 21.1. The summed E-state index contributed by atoms with van der Waals surface area (Å²) in [4.78, 5) is 35.6. The van der Waals surface area contributed by atoms with Gasteiger partial charge in [-0.3, -0.25) is 14.4 Å². The molecule has 0 aromatic heterocycles. The van der Waals surface area contributed by atoms with Gasteiger partial charge in [0.05, 0.1) is 11.8 Å². The van der Waals surface area contributed by atoms with Crippen molar-refractivity contribution in [1.29, 1.82) is 0 Å². The predicted octanol–water partition coefficient (Wildman–Crippen LogP) is 4.04. The van der Waals surface area contributed by atoms with Crippen molar-refractivity contribution < 1.29 is 29.7 Å². The quantitative estimate of drug-likeness (QED) is 0.657. The van der Waals surface area contributed by atoms with Crippen LogP contribution in [-0.4, -0.2) is 32.9 Å². The van der Waals surface area contributed by atoms with E-state index in [1.807, 2.05) is 13.0 Å². The fraction of sp³-hybridized carbons (Fsp3) is 0.609. The average Bonchev–Trinajstić information content (AvgIpc) is 3.03. The lowest BCUT2D eigenvalue weighted by molar-refractivity contribution is -0.138. The largest absolute Gasteiger partial charge is 0.507 e. The van der Waals surface area contributed by atoms with Crippen molar-refractivity contribution in [3.63, 3.8) is 0 Å².